The average molecular weight is 295 g/mol. The maximum absolute atomic E-state index is 13.3. The zero-order chi connectivity index (χ0) is 15.0. The van der Waals surface area contributed by atoms with Gasteiger partial charge in [0.2, 0.25) is 0 Å². The molecule has 1 aliphatic rings. The van der Waals surface area contributed by atoms with Crippen LogP contribution in [0.1, 0.15) is 23.2 Å². The molecule has 2 heterocycles. The van der Waals surface area contributed by atoms with E-state index >= 15 is 0 Å². The quantitative estimate of drug-likeness (QED) is 0.936. The third-order valence-electron chi connectivity index (χ3n) is 3.33. The van der Waals surface area contributed by atoms with Crippen molar-refractivity contribution in [1.29, 1.82) is 0 Å². The molecule has 1 fully saturated rings. The van der Waals surface area contributed by atoms with Gasteiger partial charge in [-0.2, -0.15) is 4.98 Å². The van der Waals surface area contributed by atoms with Crippen molar-refractivity contribution < 1.29 is 23.2 Å². The minimum Gasteiger partial charge on any atom is -0.478 e. The Balaban J connectivity index is 2.03. The number of anilines is 1. The minimum absolute atomic E-state index is 0.139. The number of hydrogen-bond donors (Lipinski definition) is 1. The number of nitrogens with zero attached hydrogens (tertiary/aromatic N) is 3. The highest BCUT2D eigenvalue weighted by molar-refractivity contribution is 5.94. The van der Waals surface area contributed by atoms with Crippen molar-refractivity contribution in [2.75, 3.05) is 18.0 Å². The normalized spacial score (nSPS) is 14.7. The van der Waals surface area contributed by atoms with Gasteiger partial charge in [-0.15, -0.1) is 0 Å². The molecule has 1 saturated heterocycles. The van der Waals surface area contributed by atoms with E-state index in [0.29, 0.717) is 12.0 Å². The fourth-order valence-electron chi connectivity index (χ4n) is 2.27. The van der Waals surface area contributed by atoms with Crippen molar-refractivity contribution in [2.45, 2.75) is 12.8 Å². The third-order valence-corrected chi connectivity index (χ3v) is 3.33. The van der Waals surface area contributed by atoms with E-state index in [2.05, 4.69) is 10.1 Å². The molecule has 0 bridgehead atoms. The molecule has 8 heteroatoms. The second-order valence-electron chi connectivity index (χ2n) is 4.71. The van der Waals surface area contributed by atoms with Crippen LogP contribution in [0.15, 0.2) is 16.7 Å². The first kappa shape index (κ1) is 13.5. The van der Waals surface area contributed by atoms with Crippen LogP contribution in [0.3, 0.4) is 0 Å². The molecule has 1 aromatic carbocycles. The van der Waals surface area contributed by atoms with E-state index in [0.717, 1.165) is 32.0 Å². The van der Waals surface area contributed by atoms with Gasteiger partial charge in [-0.1, -0.05) is 0 Å². The zero-order valence-corrected chi connectivity index (χ0v) is 10.8. The lowest BCUT2D eigenvalue weighted by atomic mass is 10.1. The van der Waals surface area contributed by atoms with E-state index in [4.69, 9.17) is 9.63 Å². The van der Waals surface area contributed by atoms with Crippen molar-refractivity contribution in [3.8, 4) is 11.5 Å². The first-order valence-electron chi connectivity index (χ1n) is 6.37. The van der Waals surface area contributed by atoms with Crippen LogP contribution in [0.2, 0.25) is 0 Å². The van der Waals surface area contributed by atoms with Crippen LogP contribution >= 0.6 is 0 Å². The predicted molar refractivity (Wildman–Crippen MR) is 68.1 cm³/mol. The summed E-state index contributed by atoms with van der Waals surface area (Å²) < 4.78 is 31.5. The molecule has 0 aliphatic carbocycles. The summed E-state index contributed by atoms with van der Waals surface area (Å²) in [5, 5.41) is 12.8. The Labute approximate surface area is 118 Å². The molecule has 6 nitrogen and oxygen atoms in total. The number of aromatic nitrogens is 2. The van der Waals surface area contributed by atoms with Crippen molar-refractivity contribution in [3.63, 3.8) is 0 Å². The number of carbonyl (C=O) groups is 1. The van der Waals surface area contributed by atoms with E-state index in [9.17, 15) is 13.6 Å². The lowest BCUT2D eigenvalue weighted by molar-refractivity contribution is 0.0696. The van der Waals surface area contributed by atoms with Crippen LogP contribution in [0, 0.1) is 11.6 Å². The summed E-state index contributed by atoms with van der Waals surface area (Å²) in [6.07, 6.45) is 2.02. The highest BCUT2D eigenvalue weighted by Crippen LogP contribution is 2.27. The molecule has 1 N–H and O–H groups in total. The van der Waals surface area contributed by atoms with Gasteiger partial charge < -0.3 is 14.5 Å². The van der Waals surface area contributed by atoms with E-state index in [1.807, 2.05) is 4.90 Å². The van der Waals surface area contributed by atoms with Gasteiger partial charge >= 0.3 is 5.97 Å². The third kappa shape index (κ3) is 2.44. The molecule has 2 aromatic rings. The summed E-state index contributed by atoms with van der Waals surface area (Å²) in [5.41, 5.74) is -0.565. The number of halogens is 2. The van der Waals surface area contributed by atoms with E-state index in [-0.39, 0.29) is 11.5 Å². The van der Waals surface area contributed by atoms with Gasteiger partial charge in [-0.25, -0.2) is 13.6 Å². The molecule has 0 unspecified atom stereocenters. The SMILES string of the molecule is O=C(O)c1cc(F)c(F)cc1-c1nc(N2CCCC2)no1. The number of benzene rings is 1. The number of rotatable bonds is 3. The number of carboxylic acid groups (broad SMARTS) is 1. The number of aromatic carboxylic acids is 1. The Bertz CT molecular complexity index is 696. The minimum atomic E-state index is -1.40. The monoisotopic (exact) mass is 295 g/mol. The van der Waals surface area contributed by atoms with E-state index < -0.39 is 23.2 Å². The summed E-state index contributed by atoms with van der Waals surface area (Å²) >= 11 is 0. The summed E-state index contributed by atoms with van der Waals surface area (Å²) in [4.78, 5) is 17.1. The topological polar surface area (TPSA) is 79.5 Å². The maximum Gasteiger partial charge on any atom is 0.336 e. The molecule has 0 atom stereocenters. The molecule has 1 aliphatic heterocycles. The molecule has 0 spiro atoms. The molecule has 0 amide bonds. The van der Waals surface area contributed by atoms with Gasteiger partial charge in [0.05, 0.1) is 11.1 Å². The van der Waals surface area contributed by atoms with Gasteiger partial charge in [0.25, 0.3) is 11.8 Å². The average Bonchev–Trinajstić information content (AvgIpc) is 3.10. The molecule has 0 saturated carbocycles. The number of hydrogen-bond acceptors (Lipinski definition) is 5. The first-order valence-corrected chi connectivity index (χ1v) is 6.37. The van der Waals surface area contributed by atoms with Gasteiger partial charge in [0.15, 0.2) is 11.6 Å². The highest BCUT2D eigenvalue weighted by Gasteiger charge is 2.23. The second kappa shape index (κ2) is 5.12. The van der Waals surface area contributed by atoms with Crippen molar-refractivity contribution >= 4 is 11.9 Å². The van der Waals surface area contributed by atoms with Crippen LogP contribution in [-0.2, 0) is 0 Å². The lowest BCUT2D eigenvalue weighted by Gasteiger charge is -2.09. The molecule has 0 radical (unpaired) electrons. The van der Waals surface area contributed by atoms with Crippen LogP contribution in [0.25, 0.3) is 11.5 Å². The fraction of sp³-hybridized carbons (Fsp3) is 0.308. The van der Waals surface area contributed by atoms with Crippen LogP contribution in [0.4, 0.5) is 14.7 Å². The molecular weight excluding hydrogens is 284 g/mol. The molecular formula is C13H11F2N3O3. The fourth-order valence-corrected chi connectivity index (χ4v) is 2.27. The Morgan fingerprint density at radius 2 is 1.90 bits per heavy atom. The maximum atomic E-state index is 13.3. The summed E-state index contributed by atoms with van der Waals surface area (Å²) in [6.45, 7) is 1.56. The number of carboxylic acids is 1. The predicted octanol–water partition coefficient (Wildman–Crippen LogP) is 2.31. The Hall–Kier alpha value is -2.51. The van der Waals surface area contributed by atoms with Gasteiger partial charge in [-0.3, -0.25) is 0 Å². The van der Waals surface area contributed by atoms with Crippen molar-refractivity contribution in [3.05, 3.63) is 29.3 Å². The largest absolute Gasteiger partial charge is 0.478 e. The summed E-state index contributed by atoms with van der Waals surface area (Å²) in [5.74, 6) is -3.63. The first-order chi connectivity index (χ1) is 10.1. The van der Waals surface area contributed by atoms with E-state index in [1.54, 1.807) is 0 Å². The Kier molecular flexibility index (Phi) is 3.28. The van der Waals surface area contributed by atoms with Gasteiger partial charge in [0, 0.05) is 13.1 Å². The smallest absolute Gasteiger partial charge is 0.336 e. The Morgan fingerprint density at radius 3 is 2.57 bits per heavy atom. The lowest BCUT2D eigenvalue weighted by Crippen LogP contribution is -2.18. The summed E-state index contributed by atoms with van der Waals surface area (Å²) in [6, 6.07) is 1.35. The van der Waals surface area contributed by atoms with E-state index in [1.165, 1.54) is 0 Å². The van der Waals surface area contributed by atoms with Crippen molar-refractivity contribution in [1.82, 2.24) is 10.1 Å². The molecule has 21 heavy (non-hydrogen) atoms. The van der Waals surface area contributed by atoms with Gasteiger partial charge in [-0.05, 0) is 30.1 Å². The van der Waals surface area contributed by atoms with Crippen LogP contribution in [-0.4, -0.2) is 34.3 Å². The highest BCUT2D eigenvalue weighted by atomic mass is 19.2. The molecule has 110 valence electrons. The standard InChI is InChI=1S/C13H11F2N3O3/c14-9-5-7(8(12(19)20)6-10(9)15)11-16-13(17-21-11)18-3-1-2-4-18/h5-6H,1-4H2,(H,19,20). The second-order valence-corrected chi connectivity index (χ2v) is 4.71. The summed E-state index contributed by atoms with van der Waals surface area (Å²) in [7, 11) is 0. The zero-order valence-electron chi connectivity index (χ0n) is 10.8. The van der Waals surface area contributed by atoms with Crippen molar-refractivity contribution in [2.24, 2.45) is 0 Å². The Morgan fingerprint density at radius 1 is 1.24 bits per heavy atom. The molecule has 1 aromatic heterocycles. The van der Waals surface area contributed by atoms with Crippen LogP contribution < -0.4 is 4.90 Å². The van der Waals surface area contributed by atoms with Gasteiger partial charge in [0.1, 0.15) is 0 Å². The van der Waals surface area contributed by atoms with Crippen LogP contribution in [0.5, 0.6) is 0 Å². The molecule has 3 rings (SSSR count).